The minimum absolute atomic E-state index is 0.178. The number of hydrogen-bond donors (Lipinski definition) is 1. The molecule has 3 nitrogen and oxygen atoms in total. The number of methoxy groups -OCH3 is 1. The van der Waals surface area contributed by atoms with Crippen LogP contribution < -0.4 is 10.1 Å². The van der Waals surface area contributed by atoms with Crippen LogP contribution in [0.15, 0.2) is 42.5 Å². The molecule has 0 spiro atoms. The van der Waals surface area contributed by atoms with Gasteiger partial charge in [0, 0.05) is 11.8 Å². The van der Waals surface area contributed by atoms with E-state index in [1.54, 1.807) is 12.1 Å². The van der Waals surface area contributed by atoms with Crippen molar-refractivity contribution in [2.24, 2.45) is 0 Å². The topological polar surface area (TPSA) is 38.3 Å². The summed E-state index contributed by atoms with van der Waals surface area (Å²) in [4.78, 5) is 11.9. The molecule has 0 radical (unpaired) electrons. The van der Waals surface area contributed by atoms with Crippen LogP contribution in [-0.4, -0.2) is 13.0 Å². The first-order chi connectivity index (χ1) is 10.5. The van der Waals surface area contributed by atoms with Gasteiger partial charge in [0.2, 0.25) is 5.91 Å². The molecule has 1 amide bonds. The van der Waals surface area contributed by atoms with Crippen molar-refractivity contribution in [3.63, 3.8) is 0 Å². The summed E-state index contributed by atoms with van der Waals surface area (Å²) in [7, 11) is 1.41. The molecule has 0 unspecified atom stereocenters. The normalized spacial score (nSPS) is 10.7. The number of nitrogens with one attached hydrogen (secondary N) is 1. The van der Waals surface area contributed by atoms with Gasteiger partial charge in [0.15, 0.2) is 11.6 Å². The van der Waals surface area contributed by atoms with E-state index in [9.17, 15) is 9.18 Å². The van der Waals surface area contributed by atoms with Gasteiger partial charge >= 0.3 is 0 Å². The van der Waals surface area contributed by atoms with Gasteiger partial charge < -0.3 is 10.1 Å². The fourth-order valence-corrected chi connectivity index (χ4v) is 1.96. The zero-order valence-electron chi connectivity index (χ0n) is 12.8. The molecule has 0 bridgehead atoms. The summed E-state index contributed by atoms with van der Waals surface area (Å²) in [5.41, 5.74) is 3.61. The Labute approximate surface area is 129 Å². The molecule has 22 heavy (non-hydrogen) atoms. The maximum absolute atomic E-state index is 13.5. The van der Waals surface area contributed by atoms with Crippen LogP contribution in [-0.2, 0) is 4.79 Å². The molecule has 2 aromatic carbocycles. The summed E-state index contributed by atoms with van der Waals surface area (Å²) in [5.74, 6) is -0.546. The van der Waals surface area contributed by atoms with Crippen molar-refractivity contribution in [2.45, 2.75) is 13.8 Å². The molecule has 0 aromatic heterocycles. The molecule has 2 rings (SSSR count). The number of rotatable bonds is 4. The minimum atomic E-state index is -0.459. The molecule has 0 heterocycles. The number of amides is 1. The summed E-state index contributed by atoms with van der Waals surface area (Å²) in [5, 5.41) is 2.77. The highest BCUT2D eigenvalue weighted by Crippen LogP contribution is 2.18. The Morgan fingerprint density at radius 1 is 1.14 bits per heavy atom. The number of hydrogen-bond acceptors (Lipinski definition) is 2. The van der Waals surface area contributed by atoms with Gasteiger partial charge in [-0.1, -0.05) is 12.1 Å². The van der Waals surface area contributed by atoms with Crippen molar-refractivity contribution in [2.75, 3.05) is 12.4 Å². The van der Waals surface area contributed by atoms with Gasteiger partial charge in [-0.05, 0) is 60.9 Å². The lowest BCUT2D eigenvalue weighted by Crippen LogP contribution is -2.07. The van der Waals surface area contributed by atoms with Crippen molar-refractivity contribution < 1.29 is 13.9 Å². The predicted molar refractivity (Wildman–Crippen MR) is 86.5 cm³/mol. The summed E-state index contributed by atoms with van der Waals surface area (Å²) in [6.07, 6.45) is 2.93. The number of carbonyl (C=O) groups is 1. The molecule has 0 saturated carbocycles. The molecule has 2 aromatic rings. The van der Waals surface area contributed by atoms with Gasteiger partial charge in [-0.3, -0.25) is 4.79 Å². The fraction of sp³-hybridized carbons (Fsp3) is 0.167. The van der Waals surface area contributed by atoms with E-state index in [-0.39, 0.29) is 11.7 Å². The fourth-order valence-electron chi connectivity index (χ4n) is 1.96. The second-order valence-electron chi connectivity index (χ2n) is 5.02. The number of halogens is 1. The molecule has 0 aliphatic rings. The van der Waals surface area contributed by atoms with E-state index in [2.05, 4.69) is 5.32 Å². The largest absolute Gasteiger partial charge is 0.494 e. The van der Waals surface area contributed by atoms with Crippen molar-refractivity contribution in [1.29, 1.82) is 0 Å². The average Bonchev–Trinajstić information content (AvgIpc) is 2.49. The highest BCUT2D eigenvalue weighted by atomic mass is 19.1. The second-order valence-corrected chi connectivity index (χ2v) is 5.02. The number of carbonyl (C=O) groups excluding carboxylic acids is 1. The Morgan fingerprint density at radius 3 is 2.55 bits per heavy atom. The van der Waals surface area contributed by atoms with Crippen molar-refractivity contribution >= 4 is 17.7 Å². The third-order valence-corrected chi connectivity index (χ3v) is 3.38. The smallest absolute Gasteiger partial charge is 0.248 e. The number of aryl methyl sites for hydroxylation is 2. The Hall–Kier alpha value is -2.62. The molecule has 114 valence electrons. The van der Waals surface area contributed by atoms with Crippen LogP contribution in [0.1, 0.15) is 16.7 Å². The first kappa shape index (κ1) is 15.8. The Bertz CT molecular complexity index is 723. The van der Waals surface area contributed by atoms with Crippen LogP contribution in [0.2, 0.25) is 0 Å². The lowest BCUT2D eigenvalue weighted by molar-refractivity contribution is -0.111. The standard InChI is InChI=1S/C18H18FNO2/c1-12-4-7-15(10-13(12)2)20-18(21)9-6-14-5-8-17(22-3)16(19)11-14/h4-11H,1-3H3,(H,20,21)/b9-6+. The highest BCUT2D eigenvalue weighted by molar-refractivity contribution is 6.02. The SMILES string of the molecule is COc1ccc(/C=C/C(=O)Nc2ccc(C)c(C)c2)cc1F. The zero-order valence-corrected chi connectivity index (χ0v) is 12.8. The maximum Gasteiger partial charge on any atom is 0.248 e. The summed E-state index contributed by atoms with van der Waals surface area (Å²) in [6, 6.07) is 10.2. The van der Waals surface area contributed by atoms with E-state index < -0.39 is 5.82 Å². The quantitative estimate of drug-likeness (QED) is 0.863. The van der Waals surface area contributed by atoms with Crippen LogP contribution >= 0.6 is 0 Å². The minimum Gasteiger partial charge on any atom is -0.494 e. The number of benzene rings is 2. The Kier molecular flexibility index (Phi) is 4.94. The predicted octanol–water partition coefficient (Wildman–Crippen LogP) is 4.10. The molecule has 1 N–H and O–H groups in total. The lowest BCUT2D eigenvalue weighted by atomic mass is 10.1. The molecular weight excluding hydrogens is 281 g/mol. The first-order valence-electron chi connectivity index (χ1n) is 6.89. The Morgan fingerprint density at radius 2 is 1.91 bits per heavy atom. The van der Waals surface area contributed by atoms with Crippen LogP contribution in [0.4, 0.5) is 10.1 Å². The number of ether oxygens (including phenoxy) is 1. The molecule has 0 atom stereocenters. The van der Waals surface area contributed by atoms with E-state index in [4.69, 9.17) is 4.74 Å². The summed E-state index contributed by atoms with van der Waals surface area (Å²) in [6.45, 7) is 4.00. The van der Waals surface area contributed by atoms with Crippen LogP contribution in [0.5, 0.6) is 5.75 Å². The lowest BCUT2D eigenvalue weighted by Gasteiger charge is -2.05. The Balaban J connectivity index is 2.04. The van der Waals surface area contributed by atoms with Gasteiger partial charge in [0.05, 0.1) is 7.11 Å². The molecule has 0 fully saturated rings. The van der Waals surface area contributed by atoms with Crippen LogP contribution in [0.3, 0.4) is 0 Å². The average molecular weight is 299 g/mol. The van der Waals surface area contributed by atoms with E-state index >= 15 is 0 Å². The summed E-state index contributed by atoms with van der Waals surface area (Å²) >= 11 is 0. The number of anilines is 1. The molecular formula is C18H18FNO2. The van der Waals surface area contributed by atoms with Gasteiger partial charge in [-0.25, -0.2) is 4.39 Å². The second kappa shape index (κ2) is 6.89. The maximum atomic E-state index is 13.5. The first-order valence-corrected chi connectivity index (χ1v) is 6.89. The molecule has 4 heteroatoms. The van der Waals surface area contributed by atoms with Crippen molar-refractivity contribution in [3.8, 4) is 5.75 Å². The third-order valence-electron chi connectivity index (χ3n) is 3.38. The van der Waals surface area contributed by atoms with Gasteiger partial charge in [-0.2, -0.15) is 0 Å². The van der Waals surface area contributed by atoms with Crippen LogP contribution in [0, 0.1) is 19.7 Å². The van der Waals surface area contributed by atoms with Gasteiger partial charge in [0.1, 0.15) is 0 Å². The highest BCUT2D eigenvalue weighted by Gasteiger charge is 2.03. The van der Waals surface area contributed by atoms with Crippen LogP contribution in [0.25, 0.3) is 6.08 Å². The van der Waals surface area contributed by atoms with Crippen molar-refractivity contribution in [1.82, 2.24) is 0 Å². The monoisotopic (exact) mass is 299 g/mol. The third kappa shape index (κ3) is 3.95. The zero-order chi connectivity index (χ0) is 16.1. The molecule has 0 saturated heterocycles. The molecule has 0 aliphatic carbocycles. The van der Waals surface area contributed by atoms with E-state index in [1.165, 1.54) is 30.9 Å². The van der Waals surface area contributed by atoms with Crippen molar-refractivity contribution in [3.05, 3.63) is 65.0 Å². The van der Waals surface area contributed by atoms with Gasteiger partial charge in [0.25, 0.3) is 0 Å². The van der Waals surface area contributed by atoms with E-state index in [1.807, 2.05) is 32.0 Å². The summed E-state index contributed by atoms with van der Waals surface area (Å²) < 4.78 is 18.4. The van der Waals surface area contributed by atoms with E-state index in [0.717, 1.165) is 11.3 Å². The molecule has 0 aliphatic heterocycles. The van der Waals surface area contributed by atoms with E-state index in [0.29, 0.717) is 5.56 Å². The van der Waals surface area contributed by atoms with Gasteiger partial charge in [-0.15, -0.1) is 0 Å².